The maximum atomic E-state index is 12.2. The number of hydrogen-bond acceptors (Lipinski definition) is 3. The molecule has 1 aliphatic rings. The summed E-state index contributed by atoms with van der Waals surface area (Å²) in [5, 5.41) is 0. The summed E-state index contributed by atoms with van der Waals surface area (Å²) >= 11 is 0. The van der Waals surface area contributed by atoms with E-state index in [1.54, 1.807) is 11.0 Å². The Labute approximate surface area is 113 Å². The Morgan fingerprint density at radius 2 is 2.11 bits per heavy atom. The maximum Gasteiger partial charge on any atom is 0.229 e. The minimum atomic E-state index is 0.0241. The summed E-state index contributed by atoms with van der Waals surface area (Å²) in [5.41, 5.74) is 1.39. The number of anilines is 1. The van der Waals surface area contributed by atoms with Gasteiger partial charge in [0.15, 0.2) is 5.78 Å². The van der Waals surface area contributed by atoms with Gasteiger partial charge in [-0.15, -0.1) is 0 Å². The van der Waals surface area contributed by atoms with Crippen molar-refractivity contribution in [2.75, 3.05) is 24.7 Å². The highest BCUT2D eigenvalue weighted by Crippen LogP contribution is 2.27. The molecule has 0 unspecified atom stereocenters. The zero-order chi connectivity index (χ0) is 13.7. The van der Waals surface area contributed by atoms with Crippen LogP contribution >= 0.6 is 0 Å². The molecule has 1 aliphatic heterocycles. The van der Waals surface area contributed by atoms with Crippen molar-refractivity contribution in [1.29, 1.82) is 0 Å². The number of amides is 1. The summed E-state index contributed by atoms with van der Waals surface area (Å²) in [7, 11) is 0. The molecule has 0 radical (unpaired) electrons. The average Bonchev–Trinajstić information content (AvgIpc) is 2.44. The molecule has 4 nitrogen and oxygen atoms in total. The second kappa shape index (κ2) is 6.48. The molecule has 0 spiro atoms. The summed E-state index contributed by atoms with van der Waals surface area (Å²) in [6, 6.07) is 7.29. The van der Waals surface area contributed by atoms with Crippen molar-refractivity contribution >= 4 is 17.4 Å². The minimum Gasteiger partial charge on any atom is -0.381 e. The molecule has 0 fully saturated rings. The normalized spacial score (nSPS) is 14.4. The molecule has 0 bridgehead atoms. The molecule has 0 atom stereocenters. The van der Waals surface area contributed by atoms with E-state index in [2.05, 4.69) is 0 Å². The van der Waals surface area contributed by atoms with Crippen LogP contribution in [0.3, 0.4) is 0 Å². The highest BCUT2D eigenvalue weighted by molar-refractivity contribution is 6.08. The number of para-hydroxylation sites is 1. The standard InChI is InChI=1S/C15H19NO3/c1-2-10-19-11-8-15(18)16-9-7-14(17)12-5-3-4-6-13(12)16/h3-6H,2,7-11H2,1H3. The molecule has 102 valence electrons. The first kappa shape index (κ1) is 13.7. The van der Waals surface area contributed by atoms with Crippen molar-refractivity contribution in [3.8, 4) is 0 Å². The number of nitrogens with zero attached hydrogens (tertiary/aromatic N) is 1. The van der Waals surface area contributed by atoms with Gasteiger partial charge in [0.05, 0.1) is 18.7 Å². The van der Waals surface area contributed by atoms with Crippen molar-refractivity contribution in [3.05, 3.63) is 29.8 Å². The molecule has 2 rings (SSSR count). The number of rotatable bonds is 5. The Morgan fingerprint density at radius 3 is 2.89 bits per heavy atom. The lowest BCUT2D eigenvalue weighted by Crippen LogP contribution is -2.37. The van der Waals surface area contributed by atoms with Gasteiger partial charge in [0.2, 0.25) is 5.91 Å². The van der Waals surface area contributed by atoms with E-state index in [1.807, 2.05) is 25.1 Å². The monoisotopic (exact) mass is 261 g/mol. The van der Waals surface area contributed by atoms with Crippen LogP contribution in [0.2, 0.25) is 0 Å². The van der Waals surface area contributed by atoms with Gasteiger partial charge in [-0.25, -0.2) is 0 Å². The van der Waals surface area contributed by atoms with Crippen molar-refractivity contribution in [2.24, 2.45) is 0 Å². The highest BCUT2D eigenvalue weighted by Gasteiger charge is 2.26. The zero-order valence-electron chi connectivity index (χ0n) is 11.2. The predicted octanol–water partition coefficient (Wildman–Crippen LogP) is 2.42. The molecule has 1 aromatic carbocycles. The van der Waals surface area contributed by atoms with Crippen LogP contribution in [-0.4, -0.2) is 31.4 Å². The Kier molecular flexibility index (Phi) is 4.68. The third kappa shape index (κ3) is 3.20. The van der Waals surface area contributed by atoms with Crippen LogP contribution in [0.4, 0.5) is 5.69 Å². The number of fused-ring (bicyclic) bond motifs is 1. The van der Waals surface area contributed by atoms with Crippen LogP contribution in [0.5, 0.6) is 0 Å². The molecular weight excluding hydrogens is 242 g/mol. The van der Waals surface area contributed by atoms with Crippen LogP contribution < -0.4 is 4.90 Å². The second-order valence-electron chi connectivity index (χ2n) is 4.60. The fraction of sp³-hybridized carbons (Fsp3) is 0.467. The smallest absolute Gasteiger partial charge is 0.229 e. The Morgan fingerprint density at radius 1 is 1.32 bits per heavy atom. The molecule has 0 saturated carbocycles. The lowest BCUT2D eigenvalue weighted by Gasteiger charge is -2.28. The van der Waals surface area contributed by atoms with Crippen LogP contribution in [-0.2, 0) is 9.53 Å². The number of benzene rings is 1. The Balaban J connectivity index is 2.03. The topological polar surface area (TPSA) is 46.6 Å². The van der Waals surface area contributed by atoms with E-state index < -0.39 is 0 Å². The SMILES string of the molecule is CCCOCCC(=O)N1CCC(=O)c2ccccc21. The van der Waals surface area contributed by atoms with Crippen molar-refractivity contribution in [1.82, 2.24) is 0 Å². The van der Waals surface area contributed by atoms with Gasteiger partial charge in [-0.3, -0.25) is 9.59 Å². The number of carbonyl (C=O) groups is 2. The second-order valence-corrected chi connectivity index (χ2v) is 4.60. The summed E-state index contributed by atoms with van der Waals surface area (Å²) in [4.78, 5) is 25.7. The quantitative estimate of drug-likeness (QED) is 0.765. The van der Waals surface area contributed by atoms with E-state index in [0.717, 1.165) is 12.1 Å². The first-order valence-electron chi connectivity index (χ1n) is 6.74. The molecule has 0 saturated heterocycles. The average molecular weight is 261 g/mol. The number of carbonyl (C=O) groups excluding carboxylic acids is 2. The van der Waals surface area contributed by atoms with E-state index in [0.29, 0.717) is 38.2 Å². The molecule has 0 aromatic heterocycles. The van der Waals surface area contributed by atoms with Gasteiger partial charge in [0, 0.05) is 25.1 Å². The Hall–Kier alpha value is -1.68. The highest BCUT2D eigenvalue weighted by atomic mass is 16.5. The van der Waals surface area contributed by atoms with Gasteiger partial charge in [0.25, 0.3) is 0 Å². The molecule has 1 aromatic rings. The van der Waals surface area contributed by atoms with Crippen LogP contribution in [0, 0.1) is 0 Å². The molecular formula is C15H19NO3. The van der Waals surface area contributed by atoms with E-state index >= 15 is 0 Å². The van der Waals surface area contributed by atoms with Gasteiger partial charge in [-0.05, 0) is 18.6 Å². The summed E-state index contributed by atoms with van der Waals surface area (Å²) in [6.07, 6.45) is 1.72. The lowest BCUT2D eigenvalue weighted by molar-refractivity contribution is -0.119. The van der Waals surface area contributed by atoms with Crippen molar-refractivity contribution in [2.45, 2.75) is 26.2 Å². The van der Waals surface area contributed by atoms with Crippen LogP contribution in [0.25, 0.3) is 0 Å². The van der Waals surface area contributed by atoms with Gasteiger partial charge in [0.1, 0.15) is 0 Å². The predicted molar refractivity (Wildman–Crippen MR) is 73.5 cm³/mol. The first-order valence-corrected chi connectivity index (χ1v) is 6.74. The fourth-order valence-electron chi connectivity index (χ4n) is 2.21. The molecule has 0 aliphatic carbocycles. The lowest BCUT2D eigenvalue weighted by atomic mass is 10.0. The van der Waals surface area contributed by atoms with E-state index in [1.165, 1.54) is 0 Å². The third-order valence-electron chi connectivity index (χ3n) is 3.17. The number of ether oxygens (including phenoxy) is 1. The summed E-state index contributed by atoms with van der Waals surface area (Å²) in [6.45, 7) is 3.64. The van der Waals surface area contributed by atoms with Crippen LogP contribution in [0.1, 0.15) is 36.5 Å². The van der Waals surface area contributed by atoms with E-state index in [-0.39, 0.29) is 11.7 Å². The largest absolute Gasteiger partial charge is 0.381 e. The fourth-order valence-corrected chi connectivity index (χ4v) is 2.21. The van der Waals surface area contributed by atoms with E-state index in [9.17, 15) is 9.59 Å². The zero-order valence-corrected chi connectivity index (χ0v) is 11.2. The molecule has 0 N–H and O–H groups in total. The molecule has 4 heteroatoms. The number of hydrogen-bond donors (Lipinski definition) is 0. The summed E-state index contributed by atoms with van der Waals surface area (Å²) in [5.74, 6) is 0.137. The first-order chi connectivity index (χ1) is 9.24. The summed E-state index contributed by atoms with van der Waals surface area (Å²) < 4.78 is 5.34. The van der Waals surface area contributed by atoms with Crippen LogP contribution in [0.15, 0.2) is 24.3 Å². The molecule has 19 heavy (non-hydrogen) atoms. The Bertz CT molecular complexity index is 470. The van der Waals surface area contributed by atoms with Gasteiger partial charge >= 0.3 is 0 Å². The van der Waals surface area contributed by atoms with Gasteiger partial charge in [-0.1, -0.05) is 19.1 Å². The van der Waals surface area contributed by atoms with Gasteiger partial charge in [-0.2, -0.15) is 0 Å². The molecule has 1 amide bonds. The minimum absolute atomic E-state index is 0.0241. The third-order valence-corrected chi connectivity index (χ3v) is 3.17. The number of Topliss-reactive ketones (excluding diaryl/α,β-unsaturated/α-hetero) is 1. The molecule has 1 heterocycles. The van der Waals surface area contributed by atoms with Crippen molar-refractivity contribution in [3.63, 3.8) is 0 Å². The van der Waals surface area contributed by atoms with Gasteiger partial charge < -0.3 is 9.64 Å². The maximum absolute atomic E-state index is 12.2. The van der Waals surface area contributed by atoms with Crippen molar-refractivity contribution < 1.29 is 14.3 Å². The number of ketones is 1. The van der Waals surface area contributed by atoms with E-state index in [4.69, 9.17) is 4.74 Å².